The van der Waals surface area contributed by atoms with E-state index in [9.17, 15) is 32.7 Å². The Morgan fingerprint density at radius 1 is 0.947 bits per heavy atom. The van der Waals surface area contributed by atoms with Crippen molar-refractivity contribution in [3.8, 4) is 0 Å². The minimum atomic E-state index is -4.56. The SMILES string of the molecule is Cc1ccccc1/C=C(/NC(=O)c1ccc(C(F)(F)F)cc1)C(=O)N[C@@H](CSCc1ccccc1)C(=O)O. The monoisotopic (exact) mass is 542 g/mol. The standard InChI is InChI=1S/C28H25F3N2O4S/c1-18-7-5-6-10-21(18)15-23(32-25(34)20-11-13-22(14-12-20)28(29,30)31)26(35)33-24(27(36)37)17-38-16-19-8-3-2-4-9-19/h2-15,24H,16-17H2,1H3,(H,32,34)(H,33,35)(H,36,37)/b23-15+/t24-/m0/s1. The third-order valence-corrected chi connectivity index (χ3v) is 6.56. The number of hydrogen-bond donors (Lipinski definition) is 3. The molecule has 0 spiro atoms. The maximum absolute atomic E-state index is 13.1. The summed E-state index contributed by atoms with van der Waals surface area (Å²) >= 11 is 1.32. The summed E-state index contributed by atoms with van der Waals surface area (Å²) in [4.78, 5) is 37.8. The molecular weight excluding hydrogens is 517 g/mol. The molecule has 198 valence electrons. The van der Waals surface area contributed by atoms with E-state index in [1.54, 1.807) is 31.2 Å². The normalized spacial score (nSPS) is 12.5. The second-order valence-corrected chi connectivity index (χ2v) is 9.34. The van der Waals surface area contributed by atoms with Crippen molar-refractivity contribution in [2.45, 2.75) is 24.9 Å². The molecule has 1 atom stereocenters. The number of thioether (sulfide) groups is 1. The molecule has 3 rings (SSSR count). The van der Waals surface area contributed by atoms with Crippen molar-refractivity contribution in [2.75, 3.05) is 5.75 Å². The molecule has 0 saturated heterocycles. The average molecular weight is 543 g/mol. The van der Waals surface area contributed by atoms with Crippen molar-refractivity contribution in [3.63, 3.8) is 0 Å². The van der Waals surface area contributed by atoms with Gasteiger partial charge in [0.25, 0.3) is 11.8 Å². The smallest absolute Gasteiger partial charge is 0.416 e. The fourth-order valence-corrected chi connectivity index (χ4v) is 4.35. The van der Waals surface area contributed by atoms with Gasteiger partial charge in [-0.1, -0.05) is 54.6 Å². The van der Waals surface area contributed by atoms with Gasteiger partial charge in [-0.2, -0.15) is 24.9 Å². The van der Waals surface area contributed by atoms with Gasteiger partial charge in [0.05, 0.1) is 5.56 Å². The van der Waals surface area contributed by atoms with E-state index >= 15 is 0 Å². The van der Waals surface area contributed by atoms with Gasteiger partial charge in [-0.3, -0.25) is 9.59 Å². The van der Waals surface area contributed by atoms with E-state index in [1.165, 1.54) is 17.8 Å². The Balaban J connectivity index is 1.79. The van der Waals surface area contributed by atoms with Gasteiger partial charge in [-0.25, -0.2) is 4.79 Å². The van der Waals surface area contributed by atoms with Gasteiger partial charge >= 0.3 is 12.1 Å². The molecule has 38 heavy (non-hydrogen) atoms. The first-order valence-corrected chi connectivity index (χ1v) is 12.6. The number of halogens is 3. The maximum atomic E-state index is 13.1. The van der Waals surface area contributed by atoms with Crippen molar-refractivity contribution in [3.05, 3.63) is 112 Å². The molecule has 3 N–H and O–H groups in total. The Morgan fingerprint density at radius 3 is 2.18 bits per heavy atom. The number of aryl methyl sites for hydroxylation is 1. The largest absolute Gasteiger partial charge is 0.480 e. The Kier molecular flexibility index (Phi) is 9.72. The van der Waals surface area contributed by atoms with E-state index in [1.807, 2.05) is 30.3 Å². The number of benzene rings is 3. The van der Waals surface area contributed by atoms with Gasteiger partial charge < -0.3 is 15.7 Å². The van der Waals surface area contributed by atoms with Crippen molar-refractivity contribution < 1.29 is 32.7 Å². The first kappa shape index (κ1) is 28.5. The second kappa shape index (κ2) is 13.0. The van der Waals surface area contributed by atoms with Crippen molar-refractivity contribution in [1.82, 2.24) is 10.6 Å². The van der Waals surface area contributed by atoms with Crippen LogP contribution in [0.1, 0.15) is 32.6 Å². The lowest BCUT2D eigenvalue weighted by Crippen LogP contribution is -2.45. The molecule has 2 amide bonds. The minimum Gasteiger partial charge on any atom is -0.480 e. The highest BCUT2D eigenvalue weighted by molar-refractivity contribution is 7.98. The summed E-state index contributed by atoms with van der Waals surface area (Å²) in [5.41, 5.74) is 1.11. The van der Waals surface area contributed by atoms with Crippen LogP contribution in [0.4, 0.5) is 13.2 Å². The number of aliphatic carboxylic acids is 1. The topological polar surface area (TPSA) is 95.5 Å². The summed E-state index contributed by atoms with van der Waals surface area (Å²) in [6.45, 7) is 1.79. The van der Waals surface area contributed by atoms with Gasteiger partial charge in [-0.15, -0.1) is 0 Å². The number of rotatable bonds is 10. The Bertz CT molecular complexity index is 1310. The molecule has 0 unspecified atom stereocenters. The number of amides is 2. The zero-order chi connectivity index (χ0) is 27.7. The van der Waals surface area contributed by atoms with Crippen molar-refractivity contribution >= 4 is 35.6 Å². The summed E-state index contributed by atoms with van der Waals surface area (Å²) in [6.07, 6.45) is -3.17. The zero-order valence-corrected chi connectivity index (χ0v) is 21.1. The Morgan fingerprint density at radius 2 is 1.58 bits per heavy atom. The highest BCUT2D eigenvalue weighted by Crippen LogP contribution is 2.29. The third-order valence-electron chi connectivity index (χ3n) is 5.46. The zero-order valence-electron chi connectivity index (χ0n) is 20.3. The van der Waals surface area contributed by atoms with Crippen LogP contribution in [0.2, 0.25) is 0 Å². The van der Waals surface area contributed by atoms with Crippen LogP contribution in [0.25, 0.3) is 6.08 Å². The molecule has 0 heterocycles. The number of carbonyl (C=O) groups excluding carboxylic acids is 2. The lowest BCUT2D eigenvalue weighted by molar-refractivity contribution is -0.140. The first-order valence-electron chi connectivity index (χ1n) is 11.5. The van der Waals surface area contributed by atoms with Gasteiger partial charge in [0.2, 0.25) is 0 Å². The Labute approximate surface area is 222 Å². The molecule has 0 aliphatic rings. The summed E-state index contributed by atoms with van der Waals surface area (Å²) < 4.78 is 38.6. The lowest BCUT2D eigenvalue weighted by Gasteiger charge is -2.17. The van der Waals surface area contributed by atoms with Gasteiger partial charge in [-0.05, 0) is 54.0 Å². The summed E-state index contributed by atoms with van der Waals surface area (Å²) in [6, 6.07) is 18.7. The molecule has 3 aromatic carbocycles. The van der Waals surface area contributed by atoms with Crippen LogP contribution in [0.15, 0.2) is 84.6 Å². The second-order valence-electron chi connectivity index (χ2n) is 8.31. The molecule has 3 aromatic rings. The summed E-state index contributed by atoms with van der Waals surface area (Å²) in [5, 5.41) is 14.5. The summed E-state index contributed by atoms with van der Waals surface area (Å²) in [7, 11) is 0. The quantitative estimate of drug-likeness (QED) is 0.303. The molecule has 10 heteroatoms. The van der Waals surface area contributed by atoms with E-state index < -0.39 is 35.6 Å². The van der Waals surface area contributed by atoms with Crippen LogP contribution >= 0.6 is 11.8 Å². The molecule has 0 aliphatic heterocycles. The number of hydrogen-bond acceptors (Lipinski definition) is 4. The van der Waals surface area contributed by atoms with Crippen LogP contribution < -0.4 is 10.6 Å². The molecule has 0 radical (unpaired) electrons. The number of carboxylic acid groups (broad SMARTS) is 1. The van der Waals surface area contributed by atoms with Gasteiger partial charge in [0, 0.05) is 17.1 Å². The van der Waals surface area contributed by atoms with Crippen LogP contribution in [0.5, 0.6) is 0 Å². The van der Waals surface area contributed by atoms with Crippen LogP contribution in [-0.2, 0) is 21.5 Å². The summed E-state index contributed by atoms with van der Waals surface area (Å²) in [5.74, 6) is -2.30. The van der Waals surface area contributed by atoms with E-state index in [0.717, 1.165) is 35.4 Å². The van der Waals surface area contributed by atoms with Crippen LogP contribution in [0.3, 0.4) is 0 Å². The number of carboxylic acids is 1. The number of carbonyl (C=O) groups is 3. The predicted molar refractivity (Wildman–Crippen MR) is 140 cm³/mol. The van der Waals surface area contributed by atoms with Crippen LogP contribution in [-0.4, -0.2) is 34.7 Å². The molecule has 6 nitrogen and oxygen atoms in total. The van der Waals surface area contributed by atoms with E-state index in [2.05, 4.69) is 10.6 Å². The minimum absolute atomic E-state index is 0.0699. The van der Waals surface area contributed by atoms with Crippen LogP contribution in [0, 0.1) is 6.92 Å². The van der Waals surface area contributed by atoms with Gasteiger partial charge in [0.15, 0.2) is 0 Å². The Hall–Kier alpha value is -4.05. The first-order chi connectivity index (χ1) is 18.0. The van der Waals surface area contributed by atoms with E-state index in [0.29, 0.717) is 11.3 Å². The number of nitrogens with one attached hydrogen (secondary N) is 2. The third kappa shape index (κ3) is 8.24. The van der Waals surface area contributed by atoms with E-state index in [-0.39, 0.29) is 17.0 Å². The van der Waals surface area contributed by atoms with Crippen molar-refractivity contribution in [2.24, 2.45) is 0 Å². The maximum Gasteiger partial charge on any atom is 0.416 e. The highest BCUT2D eigenvalue weighted by atomic mass is 32.2. The van der Waals surface area contributed by atoms with E-state index in [4.69, 9.17) is 0 Å². The molecule has 0 bridgehead atoms. The van der Waals surface area contributed by atoms with Gasteiger partial charge in [0.1, 0.15) is 11.7 Å². The average Bonchev–Trinajstić information content (AvgIpc) is 2.89. The molecule has 0 aliphatic carbocycles. The molecular formula is C28H25F3N2O4S. The fourth-order valence-electron chi connectivity index (χ4n) is 3.35. The fraction of sp³-hybridized carbons (Fsp3) is 0.179. The van der Waals surface area contributed by atoms with Crippen molar-refractivity contribution in [1.29, 1.82) is 0 Å². The number of alkyl halides is 3. The highest BCUT2D eigenvalue weighted by Gasteiger charge is 2.30. The lowest BCUT2D eigenvalue weighted by atomic mass is 10.1. The predicted octanol–water partition coefficient (Wildman–Crippen LogP) is 5.29. The molecule has 0 fully saturated rings. The molecule has 0 saturated carbocycles. The molecule has 0 aromatic heterocycles.